The van der Waals surface area contributed by atoms with E-state index in [0.29, 0.717) is 5.56 Å². The minimum absolute atomic E-state index is 0.125. The number of carbonyl (C=O) groups excluding carboxylic acids is 1. The third-order valence-electron chi connectivity index (χ3n) is 3.01. The van der Waals surface area contributed by atoms with E-state index in [0.717, 1.165) is 5.56 Å². The maximum atomic E-state index is 11.8. The van der Waals surface area contributed by atoms with Crippen LogP contribution in [0.4, 0.5) is 4.79 Å². The third-order valence-corrected chi connectivity index (χ3v) is 3.01. The molecule has 0 aliphatic rings. The minimum Gasteiger partial charge on any atom is -0.481 e. The Labute approximate surface area is 127 Å². The van der Waals surface area contributed by atoms with Crippen LogP contribution in [0.1, 0.15) is 23.6 Å². The van der Waals surface area contributed by atoms with E-state index in [1.54, 1.807) is 17.9 Å². The Morgan fingerprint density at radius 1 is 1.36 bits per heavy atom. The first-order valence-corrected chi connectivity index (χ1v) is 6.72. The number of amides is 1. The molecule has 0 aliphatic carbocycles. The van der Waals surface area contributed by atoms with Gasteiger partial charge in [-0.2, -0.15) is 5.10 Å². The molecule has 0 bridgehead atoms. The zero-order chi connectivity index (χ0) is 15.9. The van der Waals surface area contributed by atoms with E-state index in [1.165, 1.54) is 6.20 Å². The van der Waals surface area contributed by atoms with Crippen LogP contribution in [0, 0.1) is 0 Å². The number of ether oxygens (including phenoxy) is 1. The zero-order valence-corrected chi connectivity index (χ0v) is 12.1. The van der Waals surface area contributed by atoms with Gasteiger partial charge >= 0.3 is 12.1 Å². The number of nitrogens with zero attached hydrogens (tertiary/aromatic N) is 2. The Hall–Kier alpha value is -2.83. The van der Waals surface area contributed by atoms with Crippen LogP contribution in [-0.4, -0.2) is 26.9 Å². The van der Waals surface area contributed by atoms with Crippen LogP contribution in [0.25, 0.3) is 0 Å². The number of carboxylic acids is 1. The summed E-state index contributed by atoms with van der Waals surface area (Å²) in [5, 5.41) is 15.5. The van der Waals surface area contributed by atoms with Crippen LogP contribution in [-0.2, 0) is 23.2 Å². The number of aromatic nitrogens is 2. The summed E-state index contributed by atoms with van der Waals surface area (Å²) < 4.78 is 6.64. The number of carbonyl (C=O) groups is 2. The fourth-order valence-electron chi connectivity index (χ4n) is 1.95. The molecule has 22 heavy (non-hydrogen) atoms. The quantitative estimate of drug-likeness (QED) is 0.849. The van der Waals surface area contributed by atoms with Crippen LogP contribution in [0.5, 0.6) is 0 Å². The molecule has 0 saturated carbocycles. The van der Waals surface area contributed by atoms with Gasteiger partial charge in [-0.25, -0.2) is 4.79 Å². The van der Waals surface area contributed by atoms with E-state index in [2.05, 4.69) is 10.4 Å². The summed E-state index contributed by atoms with van der Waals surface area (Å²) in [6.07, 6.45) is 2.27. The normalized spacial score (nSPS) is 11.7. The highest BCUT2D eigenvalue weighted by molar-refractivity contribution is 5.71. The second-order valence-corrected chi connectivity index (χ2v) is 4.80. The third kappa shape index (κ3) is 4.62. The molecule has 1 atom stereocenters. The second-order valence-electron chi connectivity index (χ2n) is 4.80. The van der Waals surface area contributed by atoms with Gasteiger partial charge in [-0.15, -0.1) is 0 Å². The van der Waals surface area contributed by atoms with Gasteiger partial charge in [0.2, 0.25) is 0 Å². The standard InChI is InChI=1S/C15H17N3O4/c1-18-9-12(8-16-18)13(7-14(19)20)17-15(21)22-10-11-5-3-2-4-6-11/h2-6,8-9,13H,7,10H2,1H3,(H,17,21)(H,19,20). The van der Waals surface area contributed by atoms with Gasteiger partial charge in [-0.05, 0) is 5.56 Å². The Balaban J connectivity index is 1.94. The van der Waals surface area contributed by atoms with E-state index in [9.17, 15) is 9.59 Å². The predicted octanol–water partition coefficient (Wildman–Crippen LogP) is 1.86. The highest BCUT2D eigenvalue weighted by Gasteiger charge is 2.20. The lowest BCUT2D eigenvalue weighted by Gasteiger charge is -2.15. The summed E-state index contributed by atoms with van der Waals surface area (Å²) in [6, 6.07) is 8.55. The Kier molecular flexibility index (Phi) is 5.13. The number of carboxylic acid groups (broad SMARTS) is 1. The Morgan fingerprint density at radius 3 is 2.68 bits per heavy atom. The molecule has 7 nitrogen and oxygen atoms in total. The number of rotatable bonds is 6. The molecule has 1 unspecified atom stereocenters. The molecule has 2 N–H and O–H groups in total. The van der Waals surface area contributed by atoms with Crippen molar-refractivity contribution in [1.82, 2.24) is 15.1 Å². The van der Waals surface area contributed by atoms with Gasteiger partial charge < -0.3 is 15.2 Å². The molecule has 2 aromatic rings. The number of hydrogen-bond acceptors (Lipinski definition) is 4. The largest absolute Gasteiger partial charge is 0.481 e. The van der Waals surface area contributed by atoms with Gasteiger partial charge in [0.1, 0.15) is 6.61 Å². The van der Waals surface area contributed by atoms with E-state index in [-0.39, 0.29) is 13.0 Å². The molecule has 0 saturated heterocycles. The first-order valence-electron chi connectivity index (χ1n) is 6.72. The molecule has 1 aromatic carbocycles. The van der Waals surface area contributed by atoms with Crippen molar-refractivity contribution in [3.05, 3.63) is 53.9 Å². The minimum atomic E-state index is -1.02. The number of hydrogen-bond donors (Lipinski definition) is 2. The zero-order valence-electron chi connectivity index (χ0n) is 12.1. The molecule has 116 valence electrons. The van der Waals surface area contributed by atoms with Gasteiger partial charge in [0.25, 0.3) is 0 Å². The molecule has 0 aliphatic heterocycles. The first kappa shape index (κ1) is 15.6. The Morgan fingerprint density at radius 2 is 2.09 bits per heavy atom. The van der Waals surface area contributed by atoms with Gasteiger partial charge in [0.05, 0.1) is 18.7 Å². The van der Waals surface area contributed by atoms with Crippen LogP contribution >= 0.6 is 0 Å². The molecule has 0 fully saturated rings. The lowest BCUT2D eigenvalue weighted by molar-refractivity contribution is -0.137. The predicted molar refractivity (Wildman–Crippen MR) is 78.0 cm³/mol. The summed E-state index contributed by atoms with van der Waals surface area (Å²) in [7, 11) is 1.72. The molecule has 0 radical (unpaired) electrons. The van der Waals surface area contributed by atoms with E-state index >= 15 is 0 Å². The van der Waals surface area contributed by atoms with Crippen molar-refractivity contribution in [2.45, 2.75) is 19.1 Å². The second kappa shape index (κ2) is 7.26. The summed E-state index contributed by atoms with van der Waals surface area (Å²) in [5.74, 6) is -1.02. The monoisotopic (exact) mass is 303 g/mol. The number of nitrogens with one attached hydrogen (secondary N) is 1. The average molecular weight is 303 g/mol. The number of aryl methyl sites for hydroxylation is 1. The van der Waals surface area contributed by atoms with Crippen molar-refractivity contribution in [3.8, 4) is 0 Å². The van der Waals surface area contributed by atoms with E-state index in [4.69, 9.17) is 9.84 Å². The van der Waals surface area contributed by atoms with Crippen molar-refractivity contribution in [3.63, 3.8) is 0 Å². The van der Waals surface area contributed by atoms with E-state index < -0.39 is 18.1 Å². The number of alkyl carbamates (subject to hydrolysis) is 1. The van der Waals surface area contributed by atoms with Gasteiger partial charge in [0.15, 0.2) is 0 Å². The van der Waals surface area contributed by atoms with Gasteiger partial charge in [-0.3, -0.25) is 9.48 Å². The van der Waals surface area contributed by atoms with Crippen molar-refractivity contribution in [2.24, 2.45) is 7.05 Å². The first-order chi connectivity index (χ1) is 10.5. The number of aliphatic carboxylic acids is 1. The van der Waals surface area contributed by atoms with Crippen molar-refractivity contribution in [1.29, 1.82) is 0 Å². The maximum absolute atomic E-state index is 11.8. The number of benzene rings is 1. The smallest absolute Gasteiger partial charge is 0.407 e. The van der Waals surface area contributed by atoms with Gasteiger partial charge in [0, 0.05) is 18.8 Å². The van der Waals surface area contributed by atoms with Crippen molar-refractivity contribution in [2.75, 3.05) is 0 Å². The van der Waals surface area contributed by atoms with E-state index in [1.807, 2.05) is 30.3 Å². The van der Waals surface area contributed by atoms with Crippen molar-refractivity contribution >= 4 is 12.1 Å². The fraction of sp³-hybridized carbons (Fsp3) is 0.267. The summed E-state index contributed by atoms with van der Waals surface area (Å²) in [5.41, 5.74) is 1.47. The topological polar surface area (TPSA) is 93.5 Å². The van der Waals surface area contributed by atoms with Crippen LogP contribution in [0.15, 0.2) is 42.7 Å². The van der Waals surface area contributed by atoms with Crippen LogP contribution in [0.2, 0.25) is 0 Å². The van der Waals surface area contributed by atoms with Crippen LogP contribution in [0.3, 0.4) is 0 Å². The average Bonchev–Trinajstić information content (AvgIpc) is 2.92. The molecular formula is C15H17N3O4. The molecule has 0 spiro atoms. The summed E-state index contributed by atoms with van der Waals surface area (Å²) >= 11 is 0. The Bertz CT molecular complexity index is 639. The maximum Gasteiger partial charge on any atom is 0.407 e. The van der Waals surface area contributed by atoms with Gasteiger partial charge in [-0.1, -0.05) is 30.3 Å². The molecular weight excluding hydrogens is 286 g/mol. The summed E-state index contributed by atoms with van der Waals surface area (Å²) in [6.45, 7) is 0.125. The highest BCUT2D eigenvalue weighted by Crippen LogP contribution is 2.16. The molecule has 7 heteroatoms. The molecule has 2 rings (SSSR count). The SMILES string of the molecule is Cn1cc(C(CC(=O)O)NC(=O)OCc2ccccc2)cn1. The molecule has 1 aromatic heterocycles. The molecule has 1 amide bonds. The van der Waals surface area contributed by atoms with Crippen LogP contribution < -0.4 is 5.32 Å². The lowest BCUT2D eigenvalue weighted by Crippen LogP contribution is -2.30. The molecule has 1 heterocycles. The highest BCUT2D eigenvalue weighted by atomic mass is 16.5. The van der Waals surface area contributed by atoms with Crippen molar-refractivity contribution < 1.29 is 19.4 Å². The fourth-order valence-corrected chi connectivity index (χ4v) is 1.95. The summed E-state index contributed by atoms with van der Waals surface area (Å²) in [4.78, 5) is 22.8. The lowest BCUT2D eigenvalue weighted by atomic mass is 10.1.